The number of ether oxygens (including phenoxy) is 2. The molecule has 0 bridgehead atoms. The van der Waals surface area contributed by atoms with Crippen LogP contribution in [0, 0.1) is 0 Å². The molecule has 2 aromatic carbocycles. The van der Waals surface area contributed by atoms with Crippen molar-refractivity contribution in [3.63, 3.8) is 0 Å². The van der Waals surface area contributed by atoms with Gasteiger partial charge in [-0.25, -0.2) is 4.79 Å². The molecule has 2 rings (SSSR count). The zero-order chi connectivity index (χ0) is 20.4. The third kappa shape index (κ3) is 7.11. The van der Waals surface area contributed by atoms with Gasteiger partial charge in [-0.2, -0.15) is 0 Å². The smallest absolute Gasteiger partial charge is 0.338 e. The number of esters is 1. The molecular formula is C23H25NO4. The van der Waals surface area contributed by atoms with Gasteiger partial charge in [-0.3, -0.25) is 4.79 Å². The lowest BCUT2D eigenvalue weighted by Gasteiger charge is -2.06. The monoisotopic (exact) mass is 379 g/mol. The highest BCUT2D eigenvalue weighted by molar-refractivity contribution is 6.02. The van der Waals surface area contributed by atoms with Crippen molar-refractivity contribution in [2.75, 3.05) is 11.9 Å². The normalized spacial score (nSPS) is 10.5. The predicted molar refractivity (Wildman–Crippen MR) is 111 cm³/mol. The van der Waals surface area contributed by atoms with Gasteiger partial charge in [0.05, 0.1) is 6.61 Å². The molecule has 0 aliphatic carbocycles. The van der Waals surface area contributed by atoms with E-state index in [1.54, 1.807) is 37.3 Å². The lowest BCUT2D eigenvalue weighted by Crippen LogP contribution is -2.09. The number of nitrogens with one attached hydrogen (secondary N) is 1. The first-order valence-electron chi connectivity index (χ1n) is 9.17. The summed E-state index contributed by atoms with van der Waals surface area (Å²) in [6, 6.07) is 14.1. The summed E-state index contributed by atoms with van der Waals surface area (Å²) in [4.78, 5) is 23.5. The number of carbonyl (C=O) groups excluding carboxylic acids is 2. The highest BCUT2D eigenvalue weighted by Crippen LogP contribution is 2.17. The van der Waals surface area contributed by atoms with Gasteiger partial charge in [0.1, 0.15) is 11.5 Å². The van der Waals surface area contributed by atoms with Crippen LogP contribution in [-0.4, -0.2) is 18.5 Å². The fourth-order valence-electron chi connectivity index (χ4n) is 2.17. The van der Waals surface area contributed by atoms with Crippen LogP contribution < -0.4 is 14.8 Å². The topological polar surface area (TPSA) is 64.6 Å². The molecule has 0 heterocycles. The molecule has 1 N–H and O–H groups in total. The van der Waals surface area contributed by atoms with Gasteiger partial charge in [-0.05, 0) is 61.4 Å². The summed E-state index contributed by atoms with van der Waals surface area (Å²) < 4.78 is 10.7. The van der Waals surface area contributed by atoms with Crippen LogP contribution in [0.3, 0.4) is 0 Å². The van der Waals surface area contributed by atoms with Crippen molar-refractivity contribution in [3.8, 4) is 11.5 Å². The van der Waals surface area contributed by atoms with E-state index in [0.29, 0.717) is 23.6 Å². The van der Waals surface area contributed by atoms with Gasteiger partial charge in [-0.1, -0.05) is 32.1 Å². The SMILES string of the molecule is C=C(C)C(=O)Oc1ccc(NC(=O)C=Cc2ccc(OCCCC)cc2)cc1. The summed E-state index contributed by atoms with van der Waals surface area (Å²) in [5, 5.41) is 2.75. The second-order valence-electron chi connectivity index (χ2n) is 6.29. The molecule has 0 atom stereocenters. The van der Waals surface area contributed by atoms with E-state index >= 15 is 0 Å². The molecule has 0 saturated carbocycles. The molecule has 1 amide bonds. The molecule has 0 radical (unpaired) electrons. The Balaban J connectivity index is 1.85. The molecule has 0 aliphatic heterocycles. The van der Waals surface area contributed by atoms with Crippen molar-refractivity contribution in [2.24, 2.45) is 0 Å². The summed E-state index contributed by atoms with van der Waals surface area (Å²) >= 11 is 0. The summed E-state index contributed by atoms with van der Waals surface area (Å²) in [5.74, 6) is 0.474. The minimum absolute atomic E-state index is 0.255. The number of rotatable bonds is 9. The van der Waals surface area contributed by atoms with E-state index in [2.05, 4.69) is 18.8 Å². The Morgan fingerprint density at radius 3 is 2.29 bits per heavy atom. The van der Waals surface area contributed by atoms with E-state index in [1.807, 2.05) is 24.3 Å². The average Bonchev–Trinajstić information content (AvgIpc) is 2.69. The predicted octanol–water partition coefficient (Wildman–Crippen LogP) is 5.00. The molecule has 5 nitrogen and oxygen atoms in total. The van der Waals surface area contributed by atoms with Crippen LogP contribution in [0.2, 0.25) is 0 Å². The Kier molecular flexibility index (Phi) is 8.03. The number of hydrogen-bond donors (Lipinski definition) is 1. The van der Waals surface area contributed by atoms with Crippen molar-refractivity contribution >= 4 is 23.6 Å². The number of hydrogen-bond acceptors (Lipinski definition) is 4. The largest absolute Gasteiger partial charge is 0.494 e. The van der Waals surface area contributed by atoms with E-state index < -0.39 is 5.97 Å². The maximum atomic E-state index is 12.1. The van der Waals surface area contributed by atoms with E-state index in [-0.39, 0.29) is 5.91 Å². The van der Waals surface area contributed by atoms with Crippen molar-refractivity contribution in [2.45, 2.75) is 26.7 Å². The van der Waals surface area contributed by atoms with Crippen LogP contribution in [-0.2, 0) is 9.59 Å². The highest BCUT2D eigenvalue weighted by atomic mass is 16.5. The molecule has 0 fully saturated rings. The van der Waals surface area contributed by atoms with Crippen molar-refractivity contribution in [1.82, 2.24) is 0 Å². The first-order chi connectivity index (χ1) is 13.5. The van der Waals surface area contributed by atoms with Crippen molar-refractivity contribution in [3.05, 3.63) is 72.3 Å². The fourth-order valence-corrected chi connectivity index (χ4v) is 2.17. The average molecular weight is 379 g/mol. The zero-order valence-electron chi connectivity index (χ0n) is 16.2. The molecule has 146 valence electrons. The van der Waals surface area contributed by atoms with Crippen LogP contribution in [0.4, 0.5) is 5.69 Å². The lowest BCUT2D eigenvalue weighted by molar-refractivity contribution is -0.130. The maximum absolute atomic E-state index is 12.1. The van der Waals surface area contributed by atoms with Crippen LogP contribution in [0.1, 0.15) is 32.3 Å². The Morgan fingerprint density at radius 1 is 1.04 bits per heavy atom. The lowest BCUT2D eigenvalue weighted by atomic mass is 10.2. The molecule has 5 heteroatoms. The third-order valence-electron chi connectivity index (χ3n) is 3.75. The van der Waals surface area contributed by atoms with Gasteiger partial charge in [0.2, 0.25) is 5.91 Å². The van der Waals surface area contributed by atoms with Crippen LogP contribution >= 0.6 is 0 Å². The second kappa shape index (κ2) is 10.7. The highest BCUT2D eigenvalue weighted by Gasteiger charge is 2.05. The fraction of sp³-hybridized carbons (Fsp3) is 0.217. The van der Waals surface area contributed by atoms with Gasteiger partial charge in [-0.15, -0.1) is 0 Å². The van der Waals surface area contributed by atoms with E-state index in [4.69, 9.17) is 9.47 Å². The Labute approximate surface area is 165 Å². The van der Waals surface area contributed by atoms with Crippen LogP contribution in [0.25, 0.3) is 6.08 Å². The molecule has 0 spiro atoms. The van der Waals surface area contributed by atoms with Crippen molar-refractivity contribution in [1.29, 1.82) is 0 Å². The molecule has 0 aliphatic rings. The molecular weight excluding hydrogens is 354 g/mol. The summed E-state index contributed by atoms with van der Waals surface area (Å²) in [6.07, 6.45) is 5.31. The summed E-state index contributed by atoms with van der Waals surface area (Å²) in [5.41, 5.74) is 1.83. The first kappa shape index (κ1) is 21.0. The van der Waals surface area contributed by atoms with Crippen molar-refractivity contribution < 1.29 is 19.1 Å². The standard InChI is InChI=1S/C23H25NO4/c1-4-5-16-27-20-11-6-18(7-12-20)8-15-22(25)24-19-9-13-21(14-10-19)28-23(26)17(2)3/h6-15H,2,4-5,16H2,1,3H3,(H,24,25). The maximum Gasteiger partial charge on any atom is 0.338 e. The minimum Gasteiger partial charge on any atom is -0.494 e. The van der Waals surface area contributed by atoms with E-state index in [0.717, 1.165) is 24.2 Å². The van der Waals surface area contributed by atoms with Crippen LogP contribution in [0.15, 0.2) is 66.8 Å². The second-order valence-corrected chi connectivity index (χ2v) is 6.29. The Morgan fingerprint density at radius 2 is 1.68 bits per heavy atom. The van der Waals surface area contributed by atoms with E-state index in [9.17, 15) is 9.59 Å². The number of carbonyl (C=O) groups is 2. The Hall–Kier alpha value is -3.34. The van der Waals surface area contributed by atoms with Crippen LogP contribution in [0.5, 0.6) is 11.5 Å². The zero-order valence-corrected chi connectivity index (χ0v) is 16.2. The number of amides is 1. The quantitative estimate of drug-likeness (QED) is 0.288. The molecule has 28 heavy (non-hydrogen) atoms. The van der Waals surface area contributed by atoms with E-state index in [1.165, 1.54) is 6.08 Å². The first-order valence-corrected chi connectivity index (χ1v) is 9.17. The van der Waals surface area contributed by atoms with Gasteiger partial charge in [0, 0.05) is 17.3 Å². The minimum atomic E-state index is -0.485. The number of unbranched alkanes of at least 4 members (excludes halogenated alkanes) is 1. The van der Waals surface area contributed by atoms with Gasteiger partial charge in [0.25, 0.3) is 0 Å². The van der Waals surface area contributed by atoms with Gasteiger partial charge >= 0.3 is 5.97 Å². The number of benzene rings is 2. The molecule has 0 unspecified atom stereocenters. The summed E-state index contributed by atoms with van der Waals surface area (Å²) in [7, 11) is 0. The summed E-state index contributed by atoms with van der Waals surface area (Å²) in [6.45, 7) is 7.94. The molecule has 2 aromatic rings. The Bertz CT molecular complexity index is 836. The third-order valence-corrected chi connectivity index (χ3v) is 3.75. The molecule has 0 aromatic heterocycles. The van der Waals surface area contributed by atoms with Gasteiger partial charge < -0.3 is 14.8 Å². The number of anilines is 1. The molecule has 0 saturated heterocycles. The van der Waals surface area contributed by atoms with Gasteiger partial charge in [0.15, 0.2) is 0 Å².